The first-order valence-corrected chi connectivity index (χ1v) is 7.52. The second kappa shape index (κ2) is 7.39. The van der Waals surface area contributed by atoms with Crippen molar-refractivity contribution >= 4 is 35.1 Å². The Morgan fingerprint density at radius 1 is 1.30 bits per heavy atom. The van der Waals surface area contributed by atoms with Crippen LogP contribution in [0, 0.1) is 0 Å². The number of carbonyl (C=O) groups is 1. The van der Waals surface area contributed by atoms with Gasteiger partial charge in [0.2, 0.25) is 0 Å². The first-order valence-electron chi connectivity index (χ1n) is 6.76. The van der Waals surface area contributed by atoms with E-state index in [0.29, 0.717) is 15.8 Å². The minimum absolute atomic E-state index is 0.0862. The first-order chi connectivity index (χ1) is 10.9. The molecule has 6 nitrogen and oxygen atoms in total. The number of rotatable bonds is 5. The zero-order valence-corrected chi connectivity index (χ0v) is 13.9. The molecule has 1 aromatic carbocycles. The minimum atomic E-state index is -0.627. The molecule has 5 N–H and O–H groups in total. The third-order valence-electron chi connectivity index (χ3n) is 3.10. The zero-order valence-electron chi connectivity index (χ0n) is 12.3. The largest absolute Gasteiger partial charge is 0.454 e. The number of hydrogen-bond acceptors (Lipinski definition) is 3. The van der Waals surface area contributed by atoms with Crippen LogP contribution >= 0.6 is 23.2 Å². The molecule has 1 heterocycles. The molecule has 23 heavy (non-hydrogen) atoms. The van der Waals surface area contributed by atoms with E-state index < -0.39 is 5.91 Å². The molecule has 0 aliphatic rings. The molecule has 8 heteroatoms. The highest BCUT2D eigenvalue weighted by Gasteiger charge is 2.11. The van der Waals surface area contributed by atoms with Crippen molar-refractivity contribution in [1.82, 2.24) is 5.32 Å². The Morgan fingerprint density at radius 2 is 2.04 bits per heavy atom. The SMILES string of the molecule is CC(NC(N)=NCc1ccc(C(N)=O)o1)c1ccc(Cl)cc1Cl. The number of guanidine groups is 1. The monoisotopic (exact) mass is 354 g/mol. The molecular weight excluding hydrogens is 339 g/mol. The maximum atomic E-state index is 10.9. The minimum Gasteiger partial charge on any atom is -0.454 e. The van der Waals surface area contributed by atoms with Gasteiger partial charge in [0.1, 0.15) is 12.3 Å². The van der Waals surface area contributed by atoms with Crippen molar-refractivity contribution in [3.63, 3.8) is 0 Å². The molecule has 1 atom stereocenters. The third-order valence-corrected chi connectivity index (χ3v) is 3.67. The number of amides is 1. The number of carbonyl (C=O) groups excluding carboxylic acids is 1. The normalized spacial score (nSPS) is 12.9. The van der Waals surface area contributed by atoms with Crippen molar-refractivity contribution in [3.8, 4) is 0 Å². The topological polar surface area (TPSA) is 107 Å². The Hall–Kier alpha value is -2.18. The van der Waals surface area contributed by atoms with Gasteiger partial charge in [0.25, 0.3) is 5.91 Å². The number of benzene rings is 1. The van der Waals surface area contributed by atoms with E-state index in [1.807, 2.05) is 13.0 Å². The van der Waals surface area contributed by atoms with Crippen molar-refractivity contribution in [2.45, 2.75) is 19.5 Å². The van der Waals surface area contributed by atoms with Gasteiger partial charge in [-0.15, -0.1) is 0 Å². The Kier molecular flexibility index (Phi) is 5.52. The van der Waals surface area contributed by atoms with Crippen LogP contribution in [0.1, 0.15) is 34.8 Å². The fourth-order valence-electron chi connectivity index (χ4n) is 1.96. The molecule has 0 radical (unpaired) electrons. The zero-order chi connectivity index (χ0) is 17.0. The molecule has 1 amide bonds. The molecule has 0 saturated heterocycles. The molecular formula is C15H16Cl2N4O2. The van der Waals surface area contributed by atoms with Crippen molar-refractivity contribution in [1.29, 1.82) is 0 Å². The van der Waals surface area contributed by atoms with Crippen LogP contribution in [-0.2, 0) is 6.54 Å². The van der Waals surface area contributed by atoms with Crippen LogP contribution in [0.5, 0.6) is 0 Å². The van der Waals surface area contributed by atoms with Gasteiger partial charge in [-0.1, -0.05) is 29.3 Å². The Labute approximate surface area is 143 Å². The van der Waals surface area contributed by atoms with Crippen LogP contribution < -0.4 is 16.8 Å². The summed E-state index contributed by atoms with van der Waals surface area (Å²) < 4.78 is 5.22. The number of nitrogens with two attached hydrogens (primary N) is 2. The van der Waals surface area contributed by atoms with Crippen molar-refractivity contribution < 1.29 is 9.21 Å². The van der Waals surface area contributed by atoms with Crippen LogP contribution in [-0.4, -0.2) is 11.9 Å². The van der Waals surface area contributed by atoms with Crippen LogP contribution in [0.3, 0.4) is 0 Å². The first kappa shape index (κ1) is 17.2. The molecule has 0 aliphatic carbocycles. The third kappa shape index (κ3) is 4.64. The van der Waals surface area contributed by atoms with E-state index >= 15 is 0 Å². The predicted octanol–water partition coefficient (Wildman–Crippen LogP) is 2.85. The highest BCUT2D eigenvalue weighted by Crippen LogP contribution is 2.25. The molecule has 0 fully saturated rings. The van der Waals surface area contributed by atoms with Gasteiger partial charge in [-0.2, -0.15) is 0 Å². The molecule has 0 spiro atoms. The number of nitrogens with zero attached hydrogens (tertiary/aromatic N) is 1. The molecule has 2 rings (SSSR count). The maximum Gasteiger partial charge on any atom is 0.284 e. The molecule has 0 bridgehead atoms. The summed E-state index contributed by atoms with van der Waals surface area (Å²) in [4.78, 5) is 15.1. The van der Waals surface area contributed by atoms with Crippen LogP contribution in [0.2, 0.25) is 10.0 Å². The second-order valence-electron chi connectivity index (χ2n) is 4.86. The standard InChI is InChI=1S/C15H16Cl2N4O2/c1-8(11-4-2-9(16)6-12(11)17)21-15(19)20-7-10-3-5-13(23-10)14(18)22/h2-6,8H,7H2,1H3,(H2,18,22)(H3,19,20,21). The summed E-state index contributed by atoms with van der Waals surface area (Å²) in [5, 5.41) is 4.13. The van der Waals surface area contributed by atoms with Gasteiger partial charge in [0, 0.05) is 10.0 Å². The quantitative estimate of drug-likeness (QED) is 0.566. The molecule has 0 saturated carbocycles. The average molecular weight is 355 g/mol. The lowest BCUT2D eigenvalue weighted by Crippen LogP contribution is -2.33. The van der Waals surface area contributed by atoms with E-state index in [0.717, 1.165) is 5.56 Å². The molecule has 0 aliphatic heterocycles. The number of nitrogens with one attached hydrogen (secondary N) is 1. The van der Waals surface area contributed by atoms with Crippen LogP contribution in [0.25, 0.3) is 0 Å². The van der Waals surface area contributed by atoms with Gasteiger partial charge in [-0.25, -0.2) is 4.99 Å². The summed E-state index contributed by atoms with van der Waals surface area (Å²) >= 11 is 12.0. The number of primary amides is 1. The van der Waals surface area contributed by atoms with Crippen LogP contribution in [0.15, 0.2) is 39.7 Å². The van der Waals surface area contributed by atoms with E-state index in [-0.39, 0.29) is 24.3 Å². The fourth-order valence-corrected chi connectivity index (χ4v) is 2.53. The van der Waals surface area contributed by atoms with Crippen molar-refractivity contribution in [3.05, 3.63) is 57.5 Å². The van der Waals surface area contributed by atoms with Gasteiger partial charge in [-0.3, -0.25) is 4.79 Å². The summed E-state index contributed by atoms with van der Waals surface area (Å²) in [6.07, 6.45) is 0. The second-order valence-corrected chi connectivity index (χ2v) is 5.71. The van der Waals surface area contributed by atoms with Gasteiger partial charge in [0.15, 0.2) is 11.7 Å². The van der Waals surface area contributed by atoms with E-state index in [2.05, 4.69) is 10.3 Å². The predicted molar refractivity (Wildman–Crippen MR) is 90.6 cm³/mol. The van der Waals surface area contributed by atoms with Crippen molar-refractivity contribution in [2.75, 3.05) is 0 Å². The molecule has 1 aromatic heterocycles. The van der Waals surface area contributed by atoms with E-state index in [9.17, 15) is 4.79 Å². The maximum absolute atomic E-state index is 10.9. The summed E-state index contributed by atoms with van der Waals surface area (Å²) in [5.74, 6) is 0.168. The number of halogens is 2. The summed E-state index contributed by atoms with van der Waals surface area (Å²) in [6, 6.07) is 8.20. The lowest BCUT2D eigenvalue weighted by molar-refractivity contribution is 0.0972. The summed E-state index contributed by atoms with van der Waals surface area (Å²) in [7, 11) is 0. The smallest absolute Gasteiger partial charge is 0.284 e. The number of aliphatic imine (C=N–C) groups is 1. The Morgan fingerprint density at radius 3 is 2.65 bits per heavy atom. The number of furan rings is 1. The highest BCUT2D eigenvalue weighted by atomic mass is 35.5. The van der Waals surface area contributed by atoms with E-state index in [1.54, 1.807) is 18.2 Å². The van der Waals surface area contributed by atoms with Gasteiger partial charge in [-0.05, 0) is 36.8 Å². The fraction of sp³-hybridized carbons (Fsp3) is 0.200. The van der Waals surface area contributed by atoms with E-state index in [4.69, 9.17) is 39.1 Å². The molecule has 2 aromatic rings. The summed E-state index contributed by atoms with van der Waals surface area (Å²) in [5.41, 5.74) is 11.8. The number of hydrogen-bond donors (Lipinski definition) is 3. The highest BCUT2D eigenvalue weighted by molar-refractivity contribution is 6.35. The Bertz CT molecular complexity index is 743. The lowest BCUT2D eigenvalue weighted by Gasteiger charge is -2.16. The molecule has 122 valence electrons. The molecule has 1 unspecified atom stereocenters. The van der Waals surface area contributed by atoms with Crippen LogP contribution in [0.4, 0.5) is 0 Å². The van der Waals surface area contributed by atoms with Gasteiger partial charge in [0.05, 0.1) is 6.04 Å². The van der Waals surface area contributed by atoms with E-state index in [1.165, 1.54) is 6.07 Å². The van der Waals surface area contributed by atoms with Crippen molar-refractivity contribution in [2.24, 2.45) is 16.5 Å². The summed E-state index contributed by atoms with van der Waals surface area (Å²) in [6.45, 7) is 2.09. The Balaban J connectivity index is 1.99. The van der Waals surface area contributed by atoms with Gasteiger partial charge >= 0.3 is 0 Å². The van der Waals surface area contributed by atoms with Gasteiger partial charge < -0.3 is 21.2 Å². The average Bonchev–Trinajstić information content (AvgIpc) is 2.94. The lowest BCUT2D eigenvalue weighted by atomic mass is 10.1.